The number of aromatic nitrogens is 2. The van der Waals surface area contributed by atoms with Gasteiger partial charge in [-0.25, -0.2) is 4.68 Å². The quantitative estimate of drug-likeness (QED) is 0.684. The van der Waals surface area contributed by atoms with E-state index in [1.807, 2.05) is 45.0 Å². The third kappa shape index (κ3) is 2.52. The fraction of sp³-hybridized carbons (Fsp3) is 0.176. The van der Waals surface area contributed by atoms with Gasteiger partial charge in [0.25, 0.3) is 0 Å². The van der Waals surface area contributed by atoms with Crippen LogP contribution < -0.4 is 0 Å². The zero-order valence-corrected chi connectivity index (χ0v) is 12.3. The summed E-state index contributed by atoms with van der Waals surface area (Å²) < 4.78 is 7.29. The molecular weight excluding hydrogens is 264 g/mol. The molecule has 21 heavy (non-hydrogen) atoms. The largest absolute Gasteiger partial charge is 0.460 e. The van der Waals surface area contributed by atoms with Crippen molar-refractivity contribution >= 4 is 6.29 Å². The molecule has 0 spiro atoms. The maximum Gasteiger partial charge on any atom is 0.155 e. The van der Waals surface area contributed by atoms with E-state index in [0.717, 1.165) is 28.9 Å². The minimum absolute atomic E-state index is 0.517. The smallest absolute Gasteiger partial charge is 0.155 e. The molecule has 0 saturated heterocycles. The van der Waals surface area contributed by atoms with E-state index in [4.69, 9.17) is 4.42 Å². The van der Waals surface area contributed by atoms with Crippen LogP contribution in [0.5, 0.6) is 0 Å². The first-order valence-electron chi connectivity index (χ1n) is 6.77. The first kappa shape index (κ1) is 13.4. The number of hydrogen-bond acceptors (Lipinski definition) is 3. The minimum Gasteiger partial charge on any atom is -0.460 e. The van der Waals surface area contributed by atoms with E-state index in [1.54, 1.807) is 10.9 Å². The standard InChI is InChI=1S/C17H16N2O2/c1-11-6-12(2)8-15(7-11)19-9-14(10-20)17(18-19)16-5-4-13(3)21-16/h4-10H,1-3H3. The predicted octanol–water partition coefficient (Wildman–Crippen LogP) is 3.87. The summed E-state index contributed by atoms with van der Waals surface area (Å²) in [6.07, 6.45) is 2.54. The average molecular weight is 280 g/mol. The SMILES string of the molecule is Cc1cc(C)cc(-n2cc(C=O)c(-c3ccc(C)o3)n2)c1. The number of hydrogen-bond donors (Lipinski definition) is 0. The van der Waals surface area contributed by atoms with Crippen LogP contribution in [0, 0.1) is 20.8 Å². The molecule has 1 aromatic carbocycles. The van der Waals surface area contributed by atoms with Crippen molar-refractivity contribution in [2.45, 2.75) is 20.8 Å². The molecule has 0 radical (unpaired) electrons. The summed E-state index contributed by atoms with van der Waals surface area (Å²) in [7, 11) is 0. The molecule has 0 fully saturated rings. The molecule has 106 valence electrons. The number of nitrogens with zero attached hydrogens (tertiary/aromatic N) is 2. The molecule has 4 nitrogen and oxygen atoms in total. The van der Waals surface area contributed by atoms with Crippen LogP contribution >= 0.6 is 0 Å². The first-order valence-corrected chi connectivity index (χ1v) is 6.77. The van der Waals surface area contributed by atoms with Crippen molar-refractivity contribution in [3.8, 4) is 17.1 Å². The highest BCUT2D eigenvalue weighted by molar-refractivity contribution is 5.84. The van der Waals surface area contributed by atoms with E-state index in [0.29, 0.717) is 17.0 Å². The second-order valence-corrected chi connectivity index (χ2v) is 5.25. The topological polar surface area (TPSA) is 48.0 Å². The molecule has 0 aliphatic rings. The number of aldehydes is 1. The van der Waals surface area contributed by atoms with Gasteiger partial charge < -0.3 is 4.42 Å². The van der Waals surface area contributed by atoms with E-state index in [1.165, 1.54) is 0 Å². The number of carbonyl (C=O) groups is 1. The molecule has 0 aliphatic carbocycles. The molecule has 3 rings (SSSR count). The van der Waals surface area contributed by atoms with Gasteiger partial charge in [-0.1, -0.05) is 6.07 Å². The highest BCUT2D eigenvalue weighted by Crippen LogP contribution is 2.25. The fourth-order valence-electron chi connectivity index (χ4n) is 2.44. The Morgan fingerprint density at radius 2 is 1.81 bits per heavy atom. The molecule has 3 aromatic rings. The maximum atomic E-state index is 11.3. The molecule has 0 N–H and O–H groups in total. The summed E-state index contributed by atoms with van der Waals surface area (Å²) in [4.78, 5) is 11.3. The van der Waals surface area contributed by atoms with Gasteiger partial charge in [-0.2, -0.15) is 5.10 Å². The summed E-state index contributed by atoms with van der Waals surface area (Å²) in [5.74, 6) is 1.40. The van der Waals surface area contributed by atoms with Gasteiger partial charge in [-0.15, -0.1) is 0 Å². The number of carbonyl (C=O) groups excluding carboxylic acids is 1. The minimum atomic E-state index is 0.517. The van der Waals surface area contributed by atoms with Crippen molar-refractivity contribution in [1.82, 2.24) is 9.78 Å². The molecule has 0 unspecified atom stereocenters. The molecule has 0 atom stereocenters. The number of aryl methyl sites for hydroxylation is 3. The van der Waals surface area contributed by atoms with Gasteiger partial charge in [0.15, 0.2) is 12.0 Å². The van der Waals surface area contributed by atoms with E-state index in [2.05, 4.69) is 11.2 Å². The molecule has 2 heterocycles. The van der Waals surface area contributed by atoms with Crippen molar-refractivity contribution in [3.63, 3.8) is 0 Å². The van der Waals surface area contributed by atoms with Crippen molar-refractivity contribution in [2.75, 3.05) is 0 Å². The lowest BCUT2D eigenvalue weighted by molar-refractivity contribution is 0.112. The lowest BCUT2D eigenvalue weighted by atomic mass is 10.1. The molecule has 0 amide bonds. The van der Waals surface area contributed by atoms with E-state index in [-0.39, 0.29) is 0 Å². The Morgan fingerprint density at radius 1 is 1.10 bits per heavy atom. The zero-order chi connectivity index (χ0) is 15.0. The Hall–Kier alpha value is -2.62. The van der Waals surface area contributed by atoms with Crippen LogP contribution in [-0.2, 0) is 0 Å². The zero-order valence-electron chi connectivity index (χ0n) is 12.3. The summed E-state index contributed by atoms with van der Waals surface area (Å²) in [5, 5.41) is 4.51. The van der Waals surface area contributed by atoms with Gasteiger partial charge in [-0.3, -0.25) is 4.79 Å². The van der Waals surface area contributed by atoms with E-state index >= 15 is 0 Å². The van der Waals surface area contributed by atoms with Crippen LogP contribution in [0.4, 0.5) is 0 Å². The van der Waals surface area contributed by atoms with Gasteiger partial charge >= 0.3 is 0 Å². The van der Waals surface area contributed by atoms with Crippen LogP contribution in [0.15, 0.2) is 40.9 Å². The van der Waals surface area contributed by atoms with E-state index in [9.17, 15) is 4.79 Å². The first-order chi connectivity index (χ1) is 10.1. The third-order valence-electron chi connectivity index (χ3n) is 3.31. The highest BCUT2D eigenvalue weighted by atomic mass is 16.3. The molecule has 4 heteroatoms. The Morgan fingerprint density at radius 3 is 2.38 bits per heavy atom. The normalized spacial score (nSPS) is 10.8. The Bertz CT molecular complexity index is 792. The van der Waals surface area contributed by atoms with Gasteiger partial charge in [0.05, 0.1) is 11.3 Å². The Balaban J connectivity index is 2.13. The molecular formula is C17H16N2O2. The number of furan rings is 1. The Labute approximate surface area is 123 Å². The second-order valence-electron chi connectivity index (χ2n) is 5.25. The van der Waals surface area contributed by atoms with Gasteiger partial charge in [0.1, 0.15) is 11.5 Å². The lowest BCUT2D eigenvalue weighted by Gasteiger charge is -2.04. The third-order valence-corrected chi connectivity index (χ3v) is 3.31. The van der Waals surface area contributed by atoms with Crippen molar-refractivity contribution in [3.05, 3.63) is 59.0 Å². The summed E-state index contributed by atoms with van der Waals surface area (Å²) in [6, 6.07) is 9.86. The second kappa shape index (κ2) is 5.05. The average Bonchev–Trinajstić information content (AvgIpc) is 3.03. The van der Waals surface area contributed by atoms with Crippen LogP contribution in [0.2, 0.25) is 0 Å². The van der Waals surface area contributed by atoms with Gasteiger partial charge in [-0.05, 0) is 56.2 Å². The monoisotopic (exact) mass is 280 g/mol. The lowest BCUT2D eigenvalue weighted by Crippen LogP contribution is -1.96. The van der Waals surface area contributed by atoms with Crippen molar-refractivity contribution in [2.24, 2.45) is 0 Å². The van der Waals surface area contributed by atoms with Gasteiger partial charge in [0.2, 0.25) is 0 Å². The Kier molecular flexibility index (Phi) is 3.22. The molecule has 0 aliphatic heterocycles. The van der Waals surface area contributed by atoms with E-state index < -0.39 is 0 Å². The number of rotatable bonds is 3. The summed E-state index contributed by atoms with van der Waals surface area (Å²) >= 11 is 0. The molecule has 0 bridgehead atoms. The molecule has 2 aromatic heterocycles. The highest BCUT2D eigenvalue weighted by Gasteiger charge is 2.14. The van der Waals surface area contributed by atoms with Crippen molar-refractivity contribution < 1.29 is 9.21 Å². The summed E-state index contributed by atoms with van der Waals surface area (Å²) in [5.41, 5.74) is 4.33. The van der Waals surface area contributed by atoms with Crippen molar-refractivity contribution in [1.29, 1.82) is 0 Å². The fourth-order valence-corrected chi connectivity index (χ4v) is 2.44. The van der Waals surface area contributed by atoms with Crippen LogP contribution in [-0.4, -0.2) is 16.1 Å². The summed E-state index contributed by atoms with van der Waals surface area (Å²) in [6.45, 7) is 5.94. The number of benzene rings is 1. The maximum absolute atomic E-state index is 11.3. The predicted molar refractivity (Wildman–Crippen MR) is 80.9 cm³/mol. The van der Waals surface area contributed by atoms with Gasteiger partial charge in [0, 0.05) is 6.20 Å². The van der Waals surface area contributed by atoms with Crippen LogP contribution in [0.1, 0.15) is 27.2 Å². The molecule has 0 saturated carbocycles. The van der Waals surface area contributed by atoms with Crippen LogP contribution in [0.25, 0.3) is 17.1 Å². The van der Waals surface area contributed by atoms with Crippen LogP contribution in [0.3, 0.4) is 0 Å².